The molecule has 0 aliphatic carbocycles. The van der Waals surface area contributed by atoms with Gasteiger partial charge in [0.1, 0.15) is 5.92 Å². The lowest BCUT2D eigenvalue weighted by Crippen LogP contribution is -2.37. The molecule has 0 radical (unpaired) electrons. The number of rotatable bonds is 89. The summed E-state index contributed by atoms with van der Waals surface area (Å²) in [6.07, 6.45) is 7.63. The normalized spacial score (nSPS) is 12.7. The average molecular weight is 1510 g/mol. The van der Waals surface area contributed by atoms with Gasteiger partial charge in [-0.1, -0.05) is 44.9 Å². The van der Waals surface area contributed by atoms with Gasteiger partial charge in [-0.15, -0.1) is 5.06 Å². The third-order valence-corrected chi connectivity index (χ3v) is 14.0. The highest BCUT2D eigenvalue weighted by Gasteiger charge is 2.33. The molecule has 0 aromatic carbocycles. The van der Waals surface area contributed by atoms with E-state index in [1.165, 1.54) is 0 Å². The summed E-state index contributed by atoms with van der Waals surface area (Å²) in [7, 11) is 0. The lowest BCUT2D eigenvalue weighted by atomic mass is 9.99. The van der Waals surface area contributed by atoms with Crippen molar-refractivity contribution in [3.05, 3.63) is 0 Å². The van der Waals surface area contributed by atoms with Gasteiger partial charge in [0.25, 0.3) is 11.8 Å². The minimum absolute atomic E-state index is 0.0490. The number of amides is 3. The van der Waals surface area contributed by atoms with Crippen molar-refractivity contribution in [3.8, 4) is 0 Å². The number of hydrogen-bond acceptors (Lipinski definition) is 31. The van der Waals surface area contributed by atoms with Gasteiger partial charge in [-0.3, -0.25) is 24.0 Å². The first kappa shape index (κ1) is 98.1. The zero-order chi connectivity index (χ0) is 74.8. The van der Waals surface area contributed by atoms with Crippen molar-refractivity contribution in [1.82, 2.24) is 10.4 Å². The van der Waals surface area contributed by atoms with E-state index in [1.54, 1.807) is 0 Å². The summed E-state index contributed by atoms with van der Waals surface area (Å²) in [5.74, 6) is -5.22. The van der Waals surface area contributed by atoms with Crippen molar-refractivity contribution < 1.29 is 158 Å². The lowest BCUT2D eigenvalue weighted by molar-refractivity contribution is -0.198. The van der Waals surface area contributed by atoms with Crippen LogP contribution < -0.4 is 5.32 Å². The van der Waals surface area contributed by atoms with Crippen LogP contribution in [-0.4, -0.2) is 375 Å². The molecule has 1 heterocycles. The number of hydrogen-bond donors (Lipinski definition) is 3. The SMILES string of the molecule is O=C(O)CCCCCCCCCC[C@@H](C(=O)O)C(=O)NCCOCCOCCOCCOCCOCCOCCOCCOCCOCCOCCOCCOCCOCCOCCOCCOCCOCCOCCOCCOCCOCCOCCOCCOCCC(=O)ON1C(=O)CCC1=O. The summed E-state index contributed by atoms with van der Waals surface area (Å²) < 4.78 is 132. The Bertz CT molecular complexity index is 1890. The van der Waals surface area contributed by atoms with E-state index in [1.807, 2.05) is 0 Å². The Kier molecular flexibility index (Phi) is 76.9. The number of carboxylic acid groups (broad SMARTS) is 2. The van der Waals surface area contributed by atoms with Crippen LogP contribution in [0.2, 0.25) is 0 Å². The van der Waals surface area contributed by atoms with E-state index in [-0.39, 0.29) is 58.5 Å². The largest absolute Gasteiger partial charge is 0.481 e. The number of nitrogens with zero attached hydrogens (tertiary/aromatic N) is 1. The first-order valence-corrected chi connectivity index (χ1v) is 36.9. The smallest absolute Gasteiger partial charge is 0.335 e. The number of imide groups is 1. The summed E-state index contributed by atoms with van der Waals surface area (Å²) in [4.78, 5) is 73.9. The first-order chi connectivity index (χ1) is 51.2. The van der Waals surface area contributed by atoms with E-state index in [4.69, 9.17) is 124 Å². The van der Waals surface area contributed by atoms with E-state index >= 15 is 0 Å². The fourth-order valence-corrected chi connectivity index (χ4v) is 8.54. The number of carbonyl (C=O) groups is 6. The number of carboxylic acids is 2. The van der Waals surface area contributed by atoms with Crippen molar-refractivity contribution in [3.63, 3.8) is 0 Å². The van der Waals surface area contributed by atoms with Crippen LogP contribution >= 0.6 is 0 Å². The van der Waals surface area contributed by atoms with Gasteiger partial charge in [-0.2, -0.15) is 0 Å². The summed E-state index contributed by atoms with van der Waals surface area (Å²) in [5.41, 5.74) is 0. The molecule has 1 atom stereocenters. The Morgan fingerprint density at radius 3 is 0.702 bits per heavy atom. The molecule has 35 nitrogen and oxygen atoms in total. The summed E-state index contributed by atoms with van der Waals surface area (Å²) >= 11 is 0. The fraction of sp³-hybridized carbons (Fsp3) is 0.913. The maximum atomic E-state index is 12.4. The number of nitrogens with one attached hydrogen (secondary N) is 1. The van der Waals surface area contributed by atoms with Crippen LogP contribution in [0.5, 0.6) is 0 Å². The molecule has 0 bridgehead atoms. The van der Waals surface area contributed by atoms with Gasteiger partial charge in [0.15, 0.2) is 0 Å². The maximum absolute atomic E-state index is 12.4. The number of unbranched alkanes of at least 4 members (excludes halogenated alkanes) is 7. The number of hydroxylamine groups is 2. The molecular formula is C69H128N2O33. The van der Waals surface area contributed by atoms with Crippen molar-refractivity contribution in [1.29, 1.82) is 0 Å². The van der Waals surface area contributed by atoms with Crippen molar-refractivity contribution >= 4 is 35.6 Å². The monoisotopic (exact) mass is 1510 g/mol. The molecule has 1 rings (SSSR count). The Hall–Kier alpha value is -3.94. The molecule has 35 heteroatoms. The van der Waals surface area contributed by atoms with Crippen LogP contribution in [0.25, 0.3) is 0 Å². The zero-order valence-electron chi connectivity index (χ0n) is 61.9. The molecule has 0 saturated carbocycles. The Morgan fingerprint density at radius 2 is 0.481 bits per heavy atom. The van der Waals surface area contributed by atoms with Crippen LogP contribution in [0.4, 0.5) is 0 Å². The molecule has 1 aliphatic rings. The van der Waals surface area contributed by atoms with Gasteiger partial charge < -0.3 is 134 Å². The quantitative estimate of drug-likeness (QED) is 0.0446. The summed E-state index contributed by atoms with van der Waals surface area (Å²) in [5, 5.41) is 21.3. The Balaban J connectivity index is 1.63. The predicted molar refractivity (Wildman–Crippen MR) is 369 cm³/mol. The van der Waals surface area contributed by atoms with Crippen LogP contribution in [0.1, 0.15) is 83.5 Å². The summed E-state index contributed by atoms with van der Waals surface area (Å²) in [6.45, 7) is 20.7. The van der Waals surface area contributed by atoms with Crippen LogP contribution in [0, 0.1) is 5.92 Å². The van der Waals surface area contributed by atoms with Gasteiger partial charge >= 0.3 is 17.9 Å². The van der Waals surface area contributed by atoms with E-state index in [0.717, 1.165) is 38.5 Å². The molecule has 104 heavy (non-hydrogen) atoms. The molecule has 3 amide bonds. The minimum atomic E-state index is -1.13. The Morgan fingerprint density at radius 1 is 0.279 bits per heavy atom. The summed E-state index contributed by atoms with van der Waals surface area (Å²) in [6, 6.07) is 0. The predicted octanol–water partition coefficient (Wildman–Crippen LogP) is 2.18. The molecule has 612 valence electrons. The number of carbonyl (C=O) groups excluding carboxylic acids is 4. The zero-order valence-corrected chi connectivity index (χ0v) is 61.9. The van der Waals surface area contributed by atoms with Gasteiger partial charge in [0.05, 0.1) is 324 Å². The second-order valence-electron chi connectivity index (χ2n) is 22.4. The van der Waals surface area contributed by atoms with Crippen molar-refractivity contribution in [2.75, 3.05) is 324 Å². The average Bonchev–Trinajstić information content (AvgIpc) is 1.73. The van der Waals surface area contributed by atoms with Crippen LogP contribution in [0.3, 0.4) is 0 Å². The van der Waals surface area contributed by atoms with Crippen molar-refractivity contribution in [2.24, 2.45) is 5.92 Å². The highest BCUT2D eigenvalue weighted by Crippen LogP contribution is 2.15. The molecule has 0 spiro atoms. The lowest BCUT2D eigenvalue weighted by Gasteiger charge is -2.13. The van der Waals surface area contributed by atoms with E-state index in [0.29, 0.717) is 315 Å². The molecule has 0 aromatic heterocycles. The van der Waals surface area contributed by atoms with Crippen LogP contribution in [0.15, 0.2) is 0 Å². The molecule has 0 aromatic rings. The van der Waals surface area contributed by atoms with Gasteiger partial charge in [-0.25, -0.2) is 4.79 Å². The molecule has 1 aliphatic heterocycles. The van der Waals surface area contributed by atoms with E-state index in [2.05, 4.69) is 5.32 Å². The minimum Gasteiger partial charge on any atom is -0.481 e. The maximum Gasteiger partial charge on any atom is 0.335 e. The first-order valence-electron chi connectivity index (χ1n) is 36.9. The Labute approximate surface area is 614 Å². The number of ether oxygens (including phenoxy) is 24. The highest BCUT2D eigenvalue weighted by atomic mass is 16.7. The third-order valence-electron chi connectivity index (χ3n) is 14.0. The molecule has 0 unspecified atom stereocenters. The molecular weight excluding hydrogens is 1380 g/mol. The second kappa shape index (κ2) is 81.6. The van der Waals surface area contributed by atoms with E-state index < -0.39 is 41.5 Å². The number of aliphatic carboxylic acids is 2. The highest BCUT2D eigenvalue weighted by molar-refractivity contribution is 6.01. The molecule has 1 saturated heterocycles. The van der Waals surface area contributed by atoms with Gasteiger partial charge in [0, 0.05) is 25.8 Å². The van der Waals surface area contributed by atoms with E-state index in [9.17, 15) is 33.9 Å². The fourth-order valence-electron chi connectivity index (χ4n) is 8.54. The second-order valence-corrected chi connectivity index (χ2v) is 22.4. The van der Waals surface area contributed by atoms with Crippen molar-refractivity contribution in [2.45, 2.75) is 83.5 Å². The third kappa shape index (κ3) is 73.6. The van der Waals surface area contributed by atoms with Gasteiger partial charge in [0.2, 0.25) is 5.91 Å². The topological polar surface area (TPSA) is 389 Å². The van der Waals surface area contributed by atoms with Gasteiger partial charge in [-0.05, 0) is 12.8 Å². The standard InChI is InChI=1S/C69H128N2O33/c72-64-11-12-65(73)71(64)104-67(76)13-15-80-17-19-82-21-23-84-25-27-86-29-31-88-33-35-90-37-39-92-41-43-94-45-47-96-49-51-98-53-55-100-57-59-102-61-62-103-60-58-101-56-54-99-52-50-97-48-46-95-44-42-93-40-38-91-36-34-89-32-30-87-28-26-85-24-22-83-20-18-81-16-14-70-68(77)63(69(78)79)9-7-5-3-1-2-4-6-8-10-66(74)75/h63H,1-62H2,(H,70,77)(H,74,75)(H,78,79)/t63-/m1/s1. The molecule has 1 fully saturated rings. The van der Waals surface area contributed by atoms with Crippen LogP contribution in [-0.2, 0) is 147 Å². The molecule has 3 N–H and O–H groups in total.